The summed E-state index contributed by atoms with van der Waals surface area (Å²) in [6, 6.07) is 10.8. The Morgan fingerprint density at radius 2 is 1.92 bits per heavy atom. The Kier molecular flexibility index (Phi) is 3.65. The van der Waals surface area contributed by atoms with Gasteiger partial charge in [0.1, 0.15) is 22.8 Å². The van der Waals surface area contributed by atoms with Gasteiger partial charge in [-0.05, 0) is 29.8 Å². The minimum Gasteiger partial charge on any atom is -0.494 e. The number of hydrogen-bond acceptors (Lipinski definition) is 4. The molecule has 0 saturated heterocycles. The Labute approximate surface area is 143 Å². The highest BCUT2D eigenvalue weighted by molar-refractivity contribution is 5.99. The van der Waals surface area contributed by atoms with Gasteiger partial charge in [0.15, 0.2) is 0 Å². The van der Waals surface area contributed by atoms with Crippen molar-refractivity contribution < 1.29 is 9.13 Å². The van der Waals surface area contributed by atoms with Crippen LogP contribution in [0.2, 0.25) is 0 Å². The summed E-state index contributed by atoms with van der Waals surface area (Å²) in [4.78, 5) is 8.61. The number of nitrogens with zero attached hydrogens (tertiary/aromatic N) is 4. The minimum absolute atomic E-state index is 0.375. The molecule has 0 aliphatic carbocycles. The van der Waals surface area contributed by atoms with Crippen molar-refractivity contribution in [3.8, 4) is 28.3 Å². The maximum Gasteiger partial charge on any atom is 0.145 e. The van der Waals surface area contributed by atoms with Crippen LogP contribution in [0.3, 0.4) is 0 Å². The summed E-state index contributed by atoms with van der Waals surface area (Å²) in [5, 5.41) is 5.47. The molecular weight excluding hydrogens is 319 g/mol. The van der Waals surface area contributed by atoms with E-state index in [1.165, 1.54) is 12.3 Å². The molecule has 3 heterocycles. The number of ether oxygens (including phenoxy) is 1. The van der Waals surface area contributed by atoms with E-state index in [9.17, 15) is 4.39 Å². The molecule has 0 unspecified atom stereocenters. The quantitative estimate of drug-likeness (QED) is 0.571. The third-order valence-corrected chi connectivity index (χ3v) is 4.04. The molecule has 0 aliphatic heterocycles. The Hall–Kier alpha value is -3.28. The number of aryl methyl sites for hydroxylation is 1. The predicted octanol–water partition coefficient (Wildman–Crippen LogP) is 3.85. The summed E-state index contributed by atoms with van der Waals surface area (Å²) < 4.78 is 20.4. The van der Waals surface area contributed by atoms with Crippen molar-refractivity contribution in [2.24, 2.45) is 7.05 Å². The van der Waals surface area contributed by atoms with Crippen molar-refractivity contribution in [1.82, 2.24) is 19.7 Å². The molecule has 0 saturated carbocycles. The monoisotopic (exact) mass is 334 g/mol. The van der Waals surface area contributed by atoms with E-state index in [4.69, 9.17) is 4.74 Å². The van der Waals surface area contributed by atoms with E-state index in [-0.39, 0.29) is 5.82 Å². The first-order chi connectivity index (χ1) is 12.2. The van der Waals surface area contributed by atoms with Gasteiger partial charge in [-0.15, -0.1) is 0 Å². The molecule has 0 spiro atoms. The van der Waals surface area contributed by atoms with E-state index in [2.05, 4.69) is 15.1 Å². The smallest absolute Gasteiger partial charge is 0.145 e. The van der Waals surface area contributed by atoms with Crippen LogP contribution in [-0.2, 0) is 7.05 Å². The number of benzene rings is 1. The average Bonchev–Trinajstić information content (AvgIpc) is 3.02. The first-order valence-electron chi connectivity index (χ1n) is 7.75. The lowest BCUT2D eigenvalue weighted by Crippen LogP contribution is -1.91. The van der Waals surface area contributed by atoms with Crippen LogP contribution < -0.4 is 4.74 Å². The van der Waals surface area contributed by atoms with Gasteiger partial charge in [-0.3, -0.25) is 14.6 Å². The highest BCUT2D eigenvalue weighted by Gasteiger charge is 2.16. The van der Waals surface area contributed by atoms with Crippen molar-refractivity contribution in [3.05, 3.63) is 60.8 Å². The number of para-hydroxylation sites is 1. The number of methoxy groups -OCH3 is 1. The first kappa shape index (κ1) is 15.3. The molecular formula is C19H15FN4O. The third-order valence-electron chi connectivity index (χ3n) is 4.04. The average molecular weight is 334 g/mol. The van der Waals surface area contributed by atoms with Gasteiger partial charge in [-0.2, -0.15) is 5.10 Å². The number of pyridine rings is 2. The molecule has 5 nitrogen and oxygen atoms in total. The summed E-state index contributed by atoms with van der Waals surface area (Å²) in [5.41, 5.74) is 3.97. The number of aromatic nitrogens is 4. The van der Waals surface area contributed by atoms with E-state index in [0.29, 0.717) is 17.1 Å². The molecule has 0 atom stereocenters. The summed E-state index contributed by atoms with van der Waals surface area (Å²) in [6.07, 6.45) is 4.87. The molecule has 4 aromatic rings. The van der Waals surface area contributed by atoms with Crippen LogP contribution in [-0.4, -0.2) is 26.9 Å². The van der Waals surface area contributed by atoms with Crippen LogP contribution in [0, 0.1) is 5.82 Å². The molecule has 25 heavy (non-hydrogen) atoms. The second-order valence-corrected chi connectivity index (χ2v) is 5.64. The summed E-state index contributed by atoms with van der Waals surface area (Å²) >= 11 is 0. The molecule has 0 amide bonds. The van der Waals surface area contributed by atoms with Crippen molar-refractivity contribution in [1.29, 1.82) is 0 Å². The van der Waals surface area contributed by atoms with E-state index in [0.717, 1.165) is 22.0 Å². The topological polar surface area (TPSA) is 52.8 Å². The zero-order valence-corrected chi connectivity index (χ0v) is 13.8. The Balaban J connectivity index is 1.97. The van der Waals surface area contributed by atoms with Gasteiger partial charge in [0.05, 0.1) is 19.0 Å². The molecule has 3 aromatic heterocycles. The van der Waals surface area contributed by atoms with Gasteiger partial charge in [-0.1, -0.05) is 12.1 Å². The number of rotatable bonds is 3. The van der Waals surface area contributed by atoms with Crippen LogP contribution in [0.15, 0.2) is 55.0 Å². The summed E-state index contributed by atoms with van der Waals surface area (Å²) in [5.74, 6) is 0.338. The standard InChI is InChI=1S/C19H15FN4O/c1-24-11-15(18(23-24)16-7-6-12(20)10-22-16)13-8-9-21-19-14(13)4-3-5-17(19)25-2/h3-11H,1-2H3. The summed E-state index contributed by atoms with van der Waals surface area (Å²) in [6.45, 7) is 0. The van der Waals surface area contributed by atoms with E-state index >= 15 is 0 Å². The van der Waals surface area contributed by atoms with Crippen LogP contribution in [0.1, 0.15) is 0 Å². The molecule has 0 radical (unpaired) electrons. The van der Waals surface area contributed by atoms with E-state index in [1.807, 2.05) is 37.5 Å². The normalized spacial score (nSPS) is 11.0. The number of fused-ring (bicyclic) bond motifs is 1. The van der Waals surface area contributed by atoms with Crippen molar-refractivity contribution >= 4 is 10.9 Å². The molecule has 0 fully saturated rings. The van der Waals surface area contributed by atoms with Gasteiger partial charge >= 0.3 is 0 Å². The molecule has 6 heteroatoms. The molecule has 0 bridgehead atoms. The largest absolute Gasteiger partial charge is 0.494 e. The van der Waals surface area contributed by atoms with Crippen molar-refractivity contribution in [3.63, 3.8) is 0 Å². The molecule has 0 aliphatic rings. The van der Waals surface area contributed by atoms with Gasteiger partial charge in [0.2, 0.25) is 0 Å². The van der Waals surface area contributed by atoms with E-state index in [1.54, 1.807) is 24.1 Å². The summed E-state index contributed by atoms with van der Waals surface area (Å²) in [7, 11) is 3.47. The lowest BCUT2D eigenvalue weighted by atomic mass is 10.0. The Morgan fingerprint density at radius 3 is 2.68 bits per heavy atom. The first-order valence-corrected chi connectivity index (χ1v) is 7.75. The second-order valence-electron chi connectivity index (χ2n) is 5.64. The predicted molar refractivity (Wildman–Crippen MR) is 93.7 cm³/mol. The van der Waals surface area contributed by atoms with Gasteiger partial charge < -0.3 is 4.74 Å². The van der Waals surface area contributed by atoms with Crippen LogP contribution in [0.25, 0.3) is 33.4 Å². The fourth-order valence-electron chi connectivity index (χ4n) is 2.94. The van der Waals surface area contributed by atoms with Crippen LogP contribution >= 0.6 is 0 Å². The highest BCUT2D eigenvalue weighted by atomic mass is 19.1. The maximum absolute atomic E-state index is 13.2. The fraction of sp³-hybridized carbons (Fsp3) is 0.105. The third kappa shape index (κ3) is 2.61. The Morgan fingerprint density at radius 1 is 1.04 bits per heavy atom. The molecule has 4 rings (SSSR count). The van der Waals surface area contributed by atoms with E-state index < -0.39 is 0 Å². The second kappa shape index (κ2) is 5.98. The van der Waals surface area contributed by atoms with Crippen LogP contribution in [0.5, 0.6) is 5.75 Å². The number of halogens is 1. The number of hydrogen-bond donors (Lipinski definition) is 0. The van der Waals surface area contributed by atoms with Gasteiger partial charge in [-0.25, -0.2) is 4.39 Å². The van der Waals surface area contributed by atoms with Crippen molar-refractivity contribution in [2.75, 3.05) is 7.11 Å². The fourth-order valence-corrected chi connectivity index (χ4v) is 2.94. The molecule has 0 N–H and O–H groups in total. The zero-order valence-electron chi connectivity index (χ0n) is 13.8. The van der Waals surface area contributed by atoms with Gasteiger partial charge in [0.25, 0.3) is 0 Å². The molecule has 1 aromatic carbocycles. The van der Waals surface area contributed by atoms with Crippen molar-refractivity contribution in [2.45, 2.75) is 0 Å². The lowest BCUT2D eigenvalue weighted by molar-refractivity contribution is 0.419. The lowest BCUT2D eigenvalue weighted by Gasteiger charge is -2.09. The minimum atomic E-state index is -0.375. The maximum atomic E-state index is 13.2. The Bertz CT molecular complexity index is 1060. The van der Waals surface area contributed by atoms with Crippen LogP contribution in [0.4, 0.5) is 4.39 Å². The molecule has 124 valence electrons. The zero-order chi connectivity index (χ0) is 17.4. The SMILES string of the molecule is COc1cccc2c(-c3cn(C)nc3-c3ccc(F)cn3)ccnc12. The highest BCUT2D eigenvalue weighted by Crippen LogP contribution is 2.36. The van der Waals surface area contributed by atoms with Gasteiger partial charge in [0, 0.05) is 30.4 Å².